The lowest BCUT2D eigenvalue weighted by Crippen LogP contribution is -2.26. The zero-order chi connectivity index (χ0) is 18.7. The van der Waals surface area contributed by atoms with Gasteiger partial charge in [-0.05, 0) is 51.1 Å². The summed E-state index contributed by atoms with van der Waals surface area (Å²) in [5, 5.41) is 4.17. The molecule has 0 spiro atoms. The van der Waals surface area contributed by atoms with Crippen molar-refractivity contribution in [2.75, 3.05) is 11.5 Å². The van der Waals surface area contributed by atoms with Gasteiger partial charge >= 0.3 is 0 Å². The van der Waals surface area contributed by atoms with Crippen LogP contribution in [0.2, 0.25) is 0 Å². The molecule has 1 fully saturated rings. The molecule has 1 N–H and O–H groups in total. The fraction of sp³-hybridized carbons (Fsp3) is 0.368. The highest BCUT2D eigenvalue weighted by atomic mass is 79.9. The molecule has 1 saturated heterocycles. The van der Waals surface area contributed by atoms with Crippen LogP contribution in [-0.4, -0.2) is 32.3 Å². The number of aromatic nitrogens is 1. The molecule has 3 rings (SSSR count). The summed E-state index contributed by atoms with van der Waals surface area (Å²) in [6.45, 7) is 6.26. The van der Waals surface area contributed by atoms with E-state index < -0.39 is 0 Å². The Morgan fingerprint density at radius 2 is 1.96 bits per heavy atom. The van der Waals surface area contributed by atoms with Gasteiger partial charge in [-0.15, -0.1) is 23.5 Å². The lowest BCUT2D eigenvalue weighted by Gasteiger charge is -2.19. The van der Waals surface area contributed by atoms with Crippen LogP contribution >= 0.6 is 39.5 Å². The Kier molecular flexibility index (Phi) is 6.20. The molecule has 0 atom stereocenters. The van der Waals surface area contributed by atoms with Crippen molar-refractivity contribution >= 4 is 51.6 Å². The Morgan fingerprint density at radius 1 is 1.31 bits per heavy atom. The van der Waals surface area contributed by atoms with Crippen molar-refractivity contribution in [3.8, 4) is 5.69 Å². The van der Waals surface area contributed by atoms with Crippen molar-refractivity contribution in [3.05, 3.63) is 51.8 Å². The van der Waals surface area contributed by atoms with Crippen molar-refractivity contribution in [1.29, 1.82) is 0 Å². The van der Waals surface area contributed by atoms with Gasteiger partial charge in [-0.25, -0.2) is 5.43 Å². The first-order valence-corrected chi connectivity index (χ1v) is 11.2. The van der Waals surface area contributed by atoms with Gasteiger partial charge in [0, 0.05) is 38.6 Å². The lowest BCUT2D eigenvalue weighted by molar-refractivity contribution is -0.121. The van der Waals surface area contributed by atoms with Gasteiger partial charge in [0.2, 0.25) is 5.91 Å². The Hall–Kier alpha value is -1.18. The fourth-order valence-electron chi connectivity index (χ4n) is 3.07. The second-order valence-corrected chi connectivity index (χ2v) is 10.8. The summed E-state index contributed by atoms with van der Waals surface area (Å²) in [5.41, 5.74) is 7.01. The summed E-state index contributed by atoms with van der Waals surface area (Å²) >= 11 is 7.17. The molecule has 4 nitrogen and oxygen atoms in total. The summed E-state index contributed by atoms with van der Waals surface area (Å²) in [5.74, 6) is 2.19. The summed E-state index contributed by atoms with van der Waals surface area (Å²) in [6, 6.07) is 10.3. The molecule has 0 saturated carbocycles. The van der Waals surface area contributed by atoms with E-state index in [-0.39, 0.29) is 9.99 Å². The maximum atomic E-state index is 12.1. The Balaban J connectivity index is 1.68. The van der Waals surface area contributed by atoms with Gasteiger partial charge in [0.05, 0.1) is 16.7 Å². The number of carbonyl (C=O) groups is 1. The number of nitrogens with zero attached hydrogens (tertiary/aromatic N) is 2. The Morgan fingerprint density at radius 3 is 2.62 bits per heavy atom. The van der Waals surface area contributed by atoms with E-state index in [9.17, 15) is 4.79 Å². The highest BCUT2D eigenvalue weighted by Crippen LogP contribution is 2.45. The van der Waals surface area contributed by atoms with Gasteiger partial charge in [-0.1, -0.05) is 15.9 Å². The van der Waals surface area contributed by atoms with Gasteiger partial charge in [0.15, 0.2) is 0 Å². The van der Waals surface area contributed by atoms with E-state index in [0.29, 0.717) is 6.42 Å². The third-order valence-electron chi connectivity index (χ3n) is 4.33. The van der Waals surface area contributed by atoms with Crippen LogP contribution in [0.1, 0.15) is 30.3 Å². The van der Waals surface area contributed by atoms with Crippen LogP contribution in [0.4, 0.5) is 0 Å². The van der Waals surface area contributed by atoms with Gasteiger partial charge in [-0.2, -0.15) is 5.10 Å². The summed E-state index contributed by atoms with van der Waals surface area (Å²) in [6.07, 6.45) is 2.21. The third-order valence-corrected chi connectivity index (χ3v) is 8.15. The second kappa shape index (κ2) is 8.23. The molecule has 0 radical (unpaired) electrons. The molecule has 1 aliphatic heterocycles. The summed E-state index contributed by atoms with van der Waals surface area (Å²) < 4.78 is 3.22. The molecule has 0 bridgehead atoms. The summed E-state index contributed by atoms with van der Waals surface area (Å²) in [7, 11) is 0. The number of hydrogen-bond donors (Lipinski definition) is 1. The number of halogens is 1. The van der Waals surface area contributed by atoms with Crippen molar-refractivity contribution in [2.24, 2.45) is 5.10 Å². The minimum atomic E-state index is -0.0348. The van der Waals surface area contributed by atoms with Crippen LogP contribution in [0.25, 0.3) is 5.69 Å². The molecule has 1 aliphatic rings. The zero-order valence-corrected chi connectivity index (χ0v) is 18.3. The highest BCUT2D eigenvalue weighted by molar-refractivity contribution is 9.10. The molecule has 138 valence electrons. The number of aryl methyl sites for hydroxylation is 1. The van der Waals surface area contributed by atoms with Crippen LogP contribution in [0, 0.1) is 13.8 Å². The Labute approximate surface area is 171 Å². The minimum Gasteiger partial charge on any atom is -0.318 e. The first-order chi connectivity index (χ1) is 12.4. The van der Waals surface area contributed by atoms with Gasteiger partial charge in [-0.3, -0.25) is 4.79 Å². The van der Waals surface area contributed by atoms with E-state index in [0.717, 1.165) is 38.6 Å². The van der Waals surface area contributed by atoms with Gasteiger partial charge in [0.1, 0.15) is 0 Å². The normalized spacial score (nSPS) is 16.3. The van der Waals surface area contributed by atoms with Gasteiger partial charge in [0.25, 0.3) is 0 Å². The van der Waals surface area contributed by atoms with Crippen molar-refractivity contribution in [3.63, 3.8) is 0 Å². The molecular weight excluding hydrogens is 430 g/mol. The average molecular weight is 452 g/mol. The third kappa shape index (κ3) is 4.56. The van der Waals surface area contributed by atoms with E-state index in [1.165, 1.54) is 0 Å². The second-order valence-electron chi connectivity index (χ2n) is 6.44. The summed E-state index contributed by atoms with van der Waals surface area (Å²) in [4.78, 5) is 12.1. The minimum absolute atomic E-state index is 0.0168. The van der Waals surface area contributed by atoms with E-state index >= 15 is 0 Å². The van der Waals surface area contributed by atoms with Crippen LogP contribution in [0.5, 0.6) is 0 Å². The number of amides is 1. The Bertz CT molecular complexity index is 824. The number of hydrogen-bond acceptors (Lipinski definition) is 4. The van der Waals surface area contributed by atoms with E-state index in [1.807, 2.05) is 35.7 Å². The molecule has 2 heterocycles. The maximum Gasteiger partial charge on any atom is 0.242 e. The maximum absolute atomic E-state index is 12.1. The first-order valence-electron chi connectivity index (χ1n) is 8.43. The standard InChI is InChI=1S/C19H22BrN3OS2/c1-13-10-15(14(2)23(13)17-6-4-16(20)5-7-17)12-21-22-18(24)11-19(3)25-8-9-26-19/h4-7,10,12H,8-9,11H2,1-3H3,(H,22,24)/b21-12-. The number of rotatable bonds is 5. The predicted molar refractivity (Wildman–Crippen MR) is 117 cm³/mol. The van der Waals surface area contributed by atoms with Crippen molar-refractivity contribution < 1.29 is 4.79 Å². The lowest BCUT2D eigenvalue weighted by atomic mass is 10.2. The molecule has 0 aliphatic carbocycles. The van der Waals surface area contributed by atoms with Gasteiger partial charge < -0.3 is 4.57 Å². The van der Waals surface area contributed by atoms with Crippen molar-refractivity contribution in [2.45, 2.75) is 31.3 Å². The molecular formula is C19H22BrN3OS2. The number of thioether (sulfide) groups is 2. The predicted octanol–water partition coefficient (Wildman–Crippen LogP) is 4.89. The van der Waals surface area contributed by atoms with E-state index in [2.05, 4.69) is 70.0 Å². The molecule has 1 aromatic carbocycles. The SMILES string of the molecule is Cc1cc(/C=N\NC(=O)CC2(C)SCCS2)c(C)n1-c1ccc(Br)cc1. The number of hydrazone groups is 1. The topological polar surface area (TPSA) is 46.4 Å². The number of benzene rings is 1. The van der Waals surface area contributed by atoms with E-state index in [1.54, 1.807) is 6.21 Å². The molecule has 2 aromatic rings. The monoisotopic (exact) mass is 451 g/mol. The molecule has 1 amide bonds. The van der Waals surface area contributed by atoms with Crippen LogP contribution in [-0.2, 0) is 4.79 Å². The average Bonchev–Trinajstić information content (AvgIpc) is 3.12. The van der Waals surface area contributed by atoms with Crippen LogP contribution in [0.3, 0.4) is 0 Å². The van der Waals surface area contributed by atoms with E-state index in [4.69, 9.17) is 0 Å². The number of carbonyl (C=O) groups excluding carboxylic acids is 1. The molecule has 1 aromatic heterocycles. The fourth-order valence-corrected chi connectivity index (χ4v) is 6.16. The molecule has 7 heteroatoms. The molecule has 0 unspecified atom stereocenters. The highest BCUT2D eigenvalue weighted by Gasteiger charge is 2.32. The van der Waals surface area contributed by atoms with Crippen LogP contribution < -0.4 is 5.43 Å². The smallest absolute Gasteiger partial charge is 0.242 e. The molecule has 26 heavy (non-hydrogen) atoms. The first kappa shape index (κ1) is 19.6. The number of nitrogens with one attached hydrogen (secondary N) is 1. The van der Waals surface area contributed by atoms with Crippen LogP contribution in [0.15, 0.2) is 39.9 Å². The zero-order valence-electron chi connectivity index (χ0n) is 15.1. The van der Waals surface area contributed by atoms with Crippen molar-refractivity contribution in [1.82, 2.24) is 9.99 Å². The largest absolute Gasteiger partial charge is 0.318 e. The quantitative estimate of drug-likeness (QED) is 0.519.